The van der Waals surface area contributed by atoms with Gasteiger partial charge in [0.1, 0.15) is 5.82 Å². The smallest absolute Gasteiger partial charge is 0.254 e. The molecule has 0 aliphatic carbocycles. The molecule has 0 amide bonds. The molecule has 0 spiro atoms. The lowest BCUT2D eigenvalue weighted by molar-refractivity contribution is 0.373. The molecule has 0 bridgehead atoms. The topological polar surface area (TPSA) is 75.2 Å². The van der Waals surface area contributed by atoms with Gasteiger partial charge < -0.3 is 14.8 Å². The molecule has 0 atom stereocenters. The van der Waals surface area contributed by atoms with Gasteiger partial charge in [0.2, 0.25) is 0 Å². The first-order valence-electron chi connectivity index (χ1n) is 6.04. The Morgan fingerprint density at radius 1 is 1.42 bits per heavy atom. The molecule has 0 aliphatic rings. The Bertz CT molecular complexity index is 662. The summed E-state index contributed by atoms with van der Waals surface area (Å²) in [6, 6.07) is 4.90. The zero-order valence-corrected chi connectivity index (χ0v) is 11.2. The number of hydrogen-bond donors (Lipinski definition) is 2. The molecular formula is C14H16N2O3. The van der Waals surface area contributed by atoms with E-state index in [-0.39, 0.29) is 11.3 Å². The van der Waals surface area contributed by atoms with Crippen molar-refractivity contribution in [3.63, 3.8) is 0 Å². The van der Waals surface area contributed by atoms with Gasteiger partial charge in [0.05, 0.1) is 12.8 Å². The van der Waals surface area contributed by atoms with Crippen LogP contribution in [0.2, 0.25) is 0 Å². The van der Waals surface area contributed by atoms with E-state index in [0.29, 0.717) is 29.1 Å². The van der Waals surface area contributed by atoms with Gasteiger partial charge in [-0.3, -0.25) is 4.79 Å². The number of aromatic nitrogens is 2. The quantitative estimate of drug-likeness (QED) is 0.885. The van der Waals surface area contributed by atoms with Crippen LogP contribution in [0.1, 0.15) is 18.2 Å². The number of hydrogen-bond acceptors (Lipinski definition) is 4. The summed E-state index contributed by atoms with van der Waals surface area (Å²) in [5.41, 5.74) is 1.88. The number of nitrogens with zero attached hydrogens (tertiary/aromatic N) is 1. The normalized spacial score (nSPS) is 10.5. The van der Waals surface area contributed by atoms with Crippen LogP contribution in [0.3, 0.4) is 0 Å². The fraction of sp³-hybridized carbons (Fsp3) is 0.286. The second kappa shape index (κ2) is 5.14. The Morgan fingerprint density at radius 2 is 2.16 bits per heavy atom. The van der Waals surface area contributed by atoms with E-state index in [1.54, 1.807) is 19.1 Å². The minimum Gasteiger partial charge on any atom is -0.504 e. The summed E-state index contributed by atoms with van der Waals surface area (Å²) in [6.07, 6.45) is 0.685. The number of phenols is 1. The summed E-state index contributed by atoms with van der Waals surface area (Å²) in [7, 11) is 1.48. The van der Waals surface area contributed by atoms with Crippen LogP contribution >= 0.6 is 0 Å². The molecule has 0 radical (unpaired) electrons. The number of nitrogens with one attached hydrogen (secondary N) is 1. The largest absolute Gasteiger partial charge is 0.504 e. The number of phenolic OH excluding ortho intramolecular Hbond substituents is 1. The molecule has 5 nitrogen and oxygen atoms in total. The van der Waals surface area contributed by atoms with Crippen molar-refractivity contribution in [2.75, 3.05) is 7.11 Å². The molecule has 0 unspecified atom stereocenters. The highest BCUT2D eigenvalue weighted by Crippen LogP contribution is 2.29. The van der Waals surface area contributed by atoms with E-state index in [0.717, 1.165) is 5.69 Å². The van der Waals surface area contributed by atoms with Gasteiger partial charge in [-0.1, -0.05) is 6.92 Å². The maximum Gasteiger partial charge on any atom is 0.254 e. The van der Waals surface area contributed by atoms with Gasteiger partial charge in [0.25, 0.3) is 5.56 Å². The summed E-state index contributed by atoms with van der Waals surface area (Å²) in [5, 5.41) is 9.76. The van der Waals surface area contributed by atoms with Gasteiger partial charge >= 0.3 is 0 Å². The van der Waals surface area contributed by atoms with E-state index in [1.165, 1.54) is 13.2 Å². The maximum absolute atomic E-state index is 11.8. The van der Waals surface area contributed by atoms with Gasteiger partial charge in [-0.25, -0.2) is 4.98 Å². The number of rotatable bonds is 3. The number of methoxy groups -OCH3 is 1. The van der Waals surface area contributed by atoms with Crippen LogP contribution in [0.25, 0.3) is 11.4 Å². The molecule has 19 heavy (non-hydrogen) atoms. The zero-order valence-electron chi connectivity index (χ0n) is 11.2. The van der Waals surface area contributed by atoms with E-state index in [2.05, 4.69) is 9.97 Å². The van der Waals surface area contributed by atoms with Crippen LogP contribution in [-0.4, -0.2) is 22.2 Å². The third-order valence-corrected chi connectivity index (χ3v) is 3.04. The van der Waals surface area contributed by atoms with Crippen molar-refractivity contribution >= 4 is 0 Å². The van der Waals surface area contributed by atoms with E-state index in [4.69, 9.17) is 4.74 Å². The first-order chi connectivity index (χ1) is 9.06. The highest BCUT2D eigenvalue weighted by molar-refractivity contribution is 5.60. The second-order valence-electron chi connectivity index (χ2n) is 4.23. The van der Waals surface area contributed by atoms with Crippen molar-refractivity contribution < 1.29 is 9.84 Å². The second-order valence-corrected chi connectivity index (χ2v) is 4.23. The molecule has 1 aromatic heterocycles. The first-order valence-corrected chi connectivity index (χ1v) is 6.04. The van der Waals surface area contributed by atoms with Crippen molar-refractivity contribution in [1.82, 2.24) is 9.97 Å². The van der Waals surface area contributed by atoms with Crippen molar-refractivity contribution in [3.05, 3.63) is 39.8 Å². The summed E-state index contributed by atoms with van der Waals surface area (Å²) >= 11 is 0. The average molecular weight is 260 g/mol. The molecule has 2 aromatic rings. The van der Waals surface area contributed by atoms with Gasteiger partial charge in [0, 0.05) is 11.1 Å². The standard InChI is InChI=1S/C14H16N2O3/c1-4-10-8(2)14(18)16-13(15-10)9-5-6-12(19-3)11(17)7-9/h5-7,17H,4H2,1-3H3,(H,15,16,18). The van der Waals surface area contributed by atoms with E-state index in [9.17, 15) is 9.90 Å². The fourth-order valence-electron chi connectivity index (χ4n) is 1.90. The Labute approximate surface area is 110 Å². The predicted molar refractivity (Wildman–Crippen MR) is 72.6 cm³/mol. The SMILES string of the molecule is CCc1nc(-c2ccc(OC)c(O)c2)[nH]c(=O)c1C. The highest BCUT2D eigenvalue weighted by atomic mass is 16.5. The molecule has 2 rings (SSSR count). The molecule has 0 saturated carbocycles. The number of ether oxygens (including phenoxy) is 1. The Hall–Kier alpha value is -2.30. The molecule has 1 aromatic carbocycles. The van der Waals surface area contributed by atoms with Gasteiger partial charge in [-0.2, -0.15) is 0 Å². The summed E-state index contributed by atoms with van der Waals surface area (Å²) < 4.78 is 4.98. The van der Waals surface area contributed by atoms with E-state index < -0.39 is 0 Å². The molecule has 2 N–H and O–H groups in total. The molecule has 0 saturated heterocycles. The minimum absolute atomic E-state index is 0.0151. The summed E-state index contributed by atoms with van der Waals surface area (Å²) in [5.74, 6) is 0.848. The average Bonchev–Trinajstić information content (AvgIpc) is 2.41. The molecule has 1 heterocycles. The monoisotopic (exact) mass is 260 g/mol. The fourth-order valence-corrected chi connectivity index (χ4v) is 1.90. The van der Waals surface area contributed by atoms with Crippen molar-refractivity contribution in [2.45, 2.75) is 20.3 Å². The van der Waals surface area contributed by atoms with Gasteiger partial charge in [-0.05, 0) is 31.5 Å². The highest BCUT2D eigenvalue weighted by Gasteiger charge is 2.10. The molecule has 5 heteroatoms. The number of benzene rings is 1. The Morgan fingerprint density at radius 3 is 2.74 bits per heavy atom. The minimum atomic E-state index is -0.155. The van der Waals surface area contributed by atoms with Crippen molar-refractivity contribution in [1.29, 1.82) is 0 Å². The summed E-state index contributed by atoms with van der Waals surface area (Å²) in [6.45, 7) is 3.70. The summed E-state index contributed by atoms with van der Waals surface area (Å²) in [4.78, 5) is 18.9. The number of aryl methyl sites for hydroxylation is 1. The number of H-pyrrole nitrogens is 1. The first kappa shape index (κ1) is 13.1. The zero-order chi connectivity index (χ0) is 14.0. The Balaban J connectivity index is 2.56. The van der Waals surface area contributed by atoms with E-state index >= 15 is 0 Å². The van der Waals surface area contributed by atoms with Gasteiger partial charge in [0.15, 0.2) is 11.5 Å². The molecule has 0 aliphatic heterocycles. The van der Waals surface area contributed by atoms with Crippen LogP contribution in [0.15, 0.2) is 23.0 Å². The third-order valence-electron chi connectivity index (χ3n) is 3.04. The van der Waals surface area contributed by atoms with Crippen LogP contribution in [0, 0.1) is 6.92 Å². The lowest BCUT2D eigenvalue weighted by Crippen LogP contribution is -2.15. The number of aromatic hydroxyl groups is 1. The van der Waals surface area contributed by atoms with E-state index in [1.807, 2.05) is 6.92 Å². The molecule has 100 valence electrons. The lowest BCUT2D eigenvalue weighted by Gasteiger charge is -2.08. The van der Waals surface area contributed by atoms with Crippen LogP contribution in [-0.2, 0) is 6.42 Å². The van der Waals surface area contributed by atoms with Crippen molar-refractivity contribution in [3.8, 4) is 22.9 Å². The van der Waals surface area contributed by atoms with Crippen LogP contribution in [0.5, 0.6) is 11.5 Å². The van der Waals surface area contributed by atoms with Gasteiger partial charge in [-0.15, -0.1) is 0 Å². The molecular weight excluding hydrogens is 244 g/mol. The lowest BCUT2D eigenvalue weighted by atomic mass is 10.1. The van der Waals surface area contributed by atoms with Crippen LogP contribution in [0.4, 0.5) is 0 Å². The number of aromatic amines is 1. The van der Waals surface area contributed by atoms with Crippen molar-refractivity contribution in [2.24, 2.45) is 0 Å². The predicted octanol–water partition coefficient (Wildman–Crippen LogP) is 2.02. The Kier molecular flexibility index (Phi) is 3.55. The van der Waals surface area contributed by atoms with Crippen LogP contribution < -0.4 is 10.3 Å². The molecule has 0 fully saturated rings. The maximum atomic E-state index is 11.8. The third kappa shape index (κ3) is 2.45.